The number of carbonyl (C=O) groups excluding carboxylic acids is 1. The molecule has 25 heavy (non-hydrogen) atoms. The fourth-order valence-electron chi connectivity index (χ4n) is 2.16. The summed E-state index contributed by atoms with van der Waals surface area (Å²) >= 11 is 1.21. The van der Waals surface area contributed by atoms with Gasteiger partial charge in [0.25, 0.3) is 11.1 Å². The second-order valence-corrected chi connectivity index (χ2v) is 6.48. The van der Waals surface area contributed by atoms with Gasteiger partial charge < -0.3 is 14.5 Å². The van der Waals surface area contributed by atoms with Gasteiger partial charge in [-0.1, -0.05) is 42.1 Å². The van der Waals surface area contributed by atoms with Crippen LogP contribution in [0, 0.1) is 0 Å². The normalized spacial score (nSPS) is 11.8. The Labute approximate surface area is 149 Å². The molecule has 0 bridgehead atoms. The maximum atomic E-state index is 12.3. The first-order valence-corrected chi connectivity index (χ1v) is 8.55. The van der Waals surface area contributed by atoms with Crippen molar-refractivity contribution in [2.24, 2.45) is 0 Å². The number of carbonyl (C=O) groups is 1. The number of anilines is 1. The number of amides is 1. The summed E-state index contributed by atoms with van der Waals surface area (Å²) in [6, 6.07) is 16.7. The molecule has 0 saturated carbocycles. The number of nitrogens with one attached hydrogen (secondary N) is 1. The average molecular weight is 355 g/mol. The molecule has 2 aromatic carbocycles. The van der Waals surface area contributed by atoms with Crippen LogP contribution in [0.2, 0.25) is 0 Å². The minimum atomic E-state index is -0.383. The van der Waals surface area contributed by atoms with Gasteiger partial charge >= 0.3 is 0 Å². The number of methoxy groups -OCH3 is 1. The minimum absolute atomic E-state index is 0.131. The van der Waals surface area contributed by atoms with Crippen molar-refractivity contribution >= 4 is 23.4 Å². The molecular formula is C18H17N3O3S. The summed E-state index contributed by atoms with van der Waals surface area (Å²) in [7, 11) is 1.58. The number of nitrogens with zero attached hydrogens (tertiary/aromatic N) is 2. The van der Waals surface area contributed by atoms with Crippen LogP contribution in [0.1, 0.15) is 6.92 Å². The highest BCUT2D eigenvalue weighted by molar-refractivity contribution is 8.00. The molecule has 3 aromatic rings. The Morgan fingerprint density at radius 3 is 2.60 bits per heavy atom. The Hall–Kier alpha value is -2.80. The van der Waals surface area contributed by atoms with Gasteiger partial charge in [0.1, 0.15) is 5.75 Å². The van der Waals surface area contributed by atoms with Crippen LogP contribution < -0.4 is 10.1 Å². The second kappa shape index (κ2) is 7.85. The Bertz CT molecular complexity index is 852. The standard InChI is InChI=1S/C18H17N3O3S/c1-12(16(22)19-13-8-4-3-5-9-13)25-18-21-20-17(24-18)14-10-6-7-11-15(14)23-2/h3-12H,1-2H3,(H,19,22). The van der Waals surface area contributed by atoms with E-state index < -0.39 is 0 Å². The van der Waals surface area contributed by atoms with Crippen molar-refractivity contribution in [2.75, 3.05) is 12.4 Å². The molecule has 0 aliphatic heterocycles. The largest absolute Gasteiger partial charge is 0.496 e. The minimum Gasteiger partial charge on any atom is -0.496 e. The first kappa shape index (κ1) is 17.0. The predicted octanol–water partition coefficient (Wildman–Crippen LogP) is 3.86. The molecule has 3 rings (SSSR count). The smallest absolute Gasteiger partial charge is 0.277 e. The van der Waals surface area contributed by atoms with Gasteiger partial charge in [0.2, 0.25) is 5.91 Å². The van der Waals surface area contributed by atoms with Crippen LogP contribution in [0.25, 0.3) is 11.5 Å². The summed E-state index contributed by atoms with van der Waals surface area (Å²) in [4.78, 5) is 12.3. The maximum absolute atomic E-state index is 12.3. The van der Waals surface area contributed by atoms with Crippen LogP contribution >= 0.6 is 11.8 Å². The van der Waals surface area contributed by atoms with Gasteiger partial charge in [-0.05, 0) is 31.2 Å². The van der Waals surface area contributed by atoms with E-state index in [1.165, 1.54) is 11.8 Å². The van der Waals surface area contributed by atoms with Gasteiger partial charge in [0.15, 0.2) is 0 Å². The lowest BCUT2D eigenvalue weighted by Crippen LogP contribution is -2.22. The summed E-state index contributed by atoms with van der Waals surface area (Å²) in [6.45, 7) is 1.79. The van der Waals surface area contributed by atoms with Crippen molar-refractivity contribution in [3.05, 3.63) is 54.6 Å². The number of hydrogen-bond acceptors (Lipinski definition) is 6. The van der Waals surface area contributed by atoms with Crippen molar-refractivity contribution in [3.63, 3.8) is 0 Å². The quantitative estimate of drug-likeness (QED) is 0.677. The monoisotopic (exact) mass is 355 g/mol. The van der Waals surface area contributed by atoms with E-state index in [0.717, 1.165) is 5.69 Å². The Morgan fingerprint density at radius 1 is 1.12 bits per heavy atom. The zero-order valence-corrected chi connectivity index (χ0v) is 14.6. The third kappa shape index (κ3) is 4.19. The fraction of sp³-hybridized carbons (Fsp3) is 0.167. The molecule has 128 valence electrons. The summed E-state index contributed by atoms with van der Waals surface area (Å²) in [5, 5.41) is 10.8. The van der Waals surface area contributed by atoms with Crippen LogP contribution in [0.4, 0.5) is 5.69 Å². The summed E-state index contributed by atoms with van der Waals surface area (Å²) < 4.78 is 11.0. The molecule has 1 N–H and O–H groups in total. The molecular weight excluding hydrogens is 338 g/mol. The number of aromatic nitrogens is 2. The SMILES string of the molecule is COc1ccccc1-c1nnc(SC(C)C(=O)Nc2ccccc2)o1. The van der Waals surface area contributed by atoms with Gasteiger partial charge in [-0.2, -0.15) is 0 Å². The highest BCUT2D eigenvalue weighted by Crippen LogP contribution is 2.31. The number of ether oxygens (including phenoxy) is 1. The third-order valence-electron chi connectivity index (χ3n) is 3.43. The molecule has 0 aliphatic carbocycles. The molecule has 0 aliphatic rings. The van der Waals surface area contributed by atoms with E-state index in [9.17, 15) is 4.79 Å². The lowest BCUT2D eigenvalue weighted by atomic mass is 10.2. The third-order valence-corrected chi connectivity index (χ3v) is 4.37. The van der Waals surface area contributed by atoms with Gasteiger partial charge in [-0.15, -0.1) is 10.2 Å². The predicted molar refractivity (Wildman–Crippen MR) is 96.7 cm³/mol. The highest BCUT2D eigenvalue weighted by atomic mass is 32.2. The molecule has 0 spiro atoms. The Balaban J connectivity index is 1.67. The second-order valence-electron chi connectivity index (χ2n) is 5.19. The number of thioether (sulfide) groups is 1. The summed E-state index contributed by atoms with van der Waals surface area (Å²) in [5.41, 5.74) is 1.46. The van der Waals surface area contributed by atoms with Crippen molar-refractivity contribution in [3.8, 4) is 17.2 Å². The first-order valence-electron chi connectivity index (χ1n) is 7.67. The molecule has 1 aromatic heterocycles. The Morgan fingerprint density at radius 2 is 1.84 bits per heavy atom. The fourth-order valence-corrected chi connectivity index (χ4v) is 2.84. The van der Waals surface area contributed by atoms with E-state index in [1.54, 1.807) is 14.0 Å². The number of hydrogen-bond donors (Lipinski definition) is 1. The van der Waals surface area contributed by atoms with E-state index in [0.29, 0.717) is 22.4 Å². The van der Waals surface area contributed by atoms with E-state index in [2.05, 4.69) is 15.5 Å². The van der Waals surface area contributed by atoms with Crippen LogP contribution in [-0.4, -0.2) is 28.5 Å². The molecule has 6 nitrogen and oxygen atoms in total. The lowest BCUT2D eigenvalue weighted by molar-refractivity contribution is -0.115. The zero-order chi connectivity index (χ0) is 17.6. The highest BCUT2D eigenvalue weighted by Gasteiger charge is 2.19. The molecule has 1 amide bonds. The number of benzene rings is 2. The molecule has 7 heteroatoms. The van der Waals surface area contributed by atoms with E-state index >= 15 is 0 Å². The van der Waals surface area contributed by atoms with Crippen molar-refractivity contribution in [1.82, 2.24) is 10.2 Å². The van der Waals surface area contributed by atoms with Gasteiger partial charge in [-0.25, -0.2) is 0 Å². The number of para-hydroxylation sites is 2. The first-order chi connectivity index (χ1) is 12.2. The van der Waals surface area contributed by atoms with Crippen LogP contribution in [0.15, 0.2) is 64.2 Å². The molecule has 0 fully saturated rings. The molecule has 1 atom stereocenters. The van der Waals surface area contributed by atoms with Crippen LogP contribution in [0.3, 0.4) is 0 Å². The van der Waals surface area contributed by atoms with Crippen LogP contribution in [-0.2, 0) is 4.79 Å². The molecule has 1 unspecified atom stereocenters. The summed E-state index contributed by atoms with van der Waals surface area (Å²) in [6.07, 6.45) is 0. The van der Waals surface area contributed by atoms with E-state index in [4.69, 9.17) is 9.15 Å². The van der Waals surface area contributed by atoms with Crippen molar-refractivity contribution in [1.29, 1.82) is 0 Å². The maximum Gasteiger partial charge on any atom is 0.277 e. The van der Waals surface area contributed by atoms with Gasteiger partial charge in [0.05, 0.1) is 17.9 Å². The van der Waals surface area contributed by atoms with Gasteiger partial charge in [0, 0.05) is 5.69 Å². The van der Waals surface area contributed by atoms with Crippen LogP contribution in [0.5, 0.6) is 5.75 Å². The van der Waals surface area contributed by atoms with E-state index in [-0.39, 0.29) is 11.2 Å². The average Bonchev–Trinajstić information content (AvgIpc) is 3.10. The van der Waals surface area contributed by atoms with Crippen molar-refractivity contribution in [2.45, 2.75) is 17.4 Å². The van der Waals surface area contributed by atoms with E-state index in [1.807, 2.05) is 54.6 Å². The molecule has 0 saturated heterocycles. The molecule has 1 heterocycles. The Kier molecular flexibility index (Phi) is 5.35. The lowest BCUT2D eigenvalue weighted by Gasteiger charge is -2.09. The van der Waals surface area contributed by atoms with Crippen molar-refractivity contribution < 1.29 is 13.9 Å². The summed E-state index contributed by atoms with van der Waals surface area (Å²) in [5.74, 6) is 0.876. The zero-order valence-electron chi connectivity index (χ0n) is 13.8. The van der Waals surface area contributed by atoms with Gasteiger partial charge in [-0.3, -0.25) is 4.79 Å². The number of rotatable bonds is 6. The molecule has 0 radical (unpaired) electrons. The topological polar surface area (TPSA) is 77.2 Å².